The average molecular weight is 241 g/mol. The maximum absolute atomic E-state index is 11.5. The number of hydrogen-bond acceptors (Lipinski definition) is 5. The first-order valence-electron chi connectivity index (χ1n) is 5.20. The number of anilines is 1. The molecule has 1 fully saturated rings. The highest BCUT2D eigenvalue weighted by Crippen LogP contribution is 2.31. The SMILES string of the molecule is CC(C)(C)c1nnc(N2CC(O)CC2=O)s1. The number of aliphatic hydroxyl groups is 1. The lowest BCUT2D eigenvalue weighted by Gasteiger charge is -2.13. The summed E-state index contributed by atoms with van der Waals surface area (Å²) in [5.41, 5.74) is -0.0582. The molecule has 0 aliphatic carbocycles. The largest absolute Gasteiger partial charge is 0.391 e. The number of amides is 1. The Labute approximate surface area is 98.1 Å². The Morgan fingerprint density at radius 1 is 1.44 bits per heavy atom. The number of β-amino-alcohol motifs (C(OH)–C–C–N with tert-alkyl or cyclic N) is 1. The predicted molar refractivity (Wildman–Crippen MR) is 61.6 cm³/mol. The van der Waals surface area contributed by atoms with Crippen molar-refractivity contribution in [1.29, 1.82) is 0 Å². The first-order chi connectivity index (χ1) is 7.38. The minimum absolute atomic E-state index is 0.0582. The summed E-state index contributed by atoms with van der Waals surface area (Å²) in [4.78, 5) is 13.1. The van der Waals surface area contributed by atoms with Crippen LogP contribution in [0, 0.1) is 0 Å². The summed E-state index contributed by atoms with van der Waals surface area (Å²) < 4.78 is 0. The van der Waals surface area contributed by atoms with Gasteiger partial charge < -0.3 is 5.11 Å². The van der Waals surface area contributed by atoms with Gasteiger partial charge in [-0.15, -0.1) is 10.2 Å². The van der Waals surface area contributed by atoms with Gasteiger partial charge in [0.15, 0.2) is 0 Å². The quantitative estimate of drug-likeness (QED) is 0.794. The highest BCUT2D eigenvalue weighted by atomic mass is 32.1. The molecule has 1 atom stereocenters. The molecule has 1 aromatic heterocycles. The summed E-state index contributed by atoms with van der Waals surface area (Å²) in [5.74, 6) is -0.0795. The van der Waals surface area contributed by atoms with E-state index in [1.807, 2.05) is 0 Å². The van der Waals surface area contributed by atoms with E-state index < -0.39 is 6.10 Å². The van der Waals surface area contributed by atoms with Crippen molar-refractivity contribution in [3.63, 3.8) is 0 Å². The molecular formula is C10H15N3O2S. The van der Waals surface area contributed by atoms with E-state index in [-0.39, 0.29) is 17.7 Å². The van der Waals surface area contributed by atoms with Crippen molar-refractivity contribution >= 4 is 22.4 Å². The molecule has 1 N–H and O–H groups in total. The van der Waals surface area contributed by atoms with E-state index in [0.717, 1.165) is 5.01 Å². The van der Waals surface area contributed by atoms with E-state index in [2.05, 4.69) is 31.0 Å². The smallest absolute Gasteiger partial charge is 0.231 e. The van der Waals surface area contributed by atoms with Gasteiger partial charge in [-0.3, -0.25) is 9.69 Å². The van der Waals surface area contributed by atoms with Crippen molar-refractivity contribution in [2.24, 2.45) is 0 Å². The lowest BCUT2D eigenvalue weighted by Crippen LogP contribution is -2.25. The third-order valence-corrected chi connectivity index (χ3v) is 3.76. The summed E-state index contributed by atoms with van der Waals surface area (Å²) >= 11 is 1.41. The normalized spacial score (nSPS) is 21.9. The van der Waals surface area contributed by atoms with E-state index in [1.54, 1.807) is 0 Å². The fraction of sp³-hybridized carbons (Fsp3) is 0.700. The van der Waals surface area contributed by atoms with Crippen molar-refractivity contribution in [2.45, 2.75) is 38.7 Å². The Morgan fingerprint density at radius 3 is 2.56 bits per heavy atom. The van der Waals surface area contributed by atoms with Crippen LogP contribution >= 0.6 is 11.3 Å². The highest BCUT2D eigenvalue weighted by Gasteiger charge is 2.32. The number of aromatic nitrogens is 2. The van der Waals surface area contributed by atoms with Crippen molar-refractivity contribution in [3.8, 4) is 0 Å². The minimum atomic E-state index is -0.575. The lowest BCUT2D eigenvalue weighted by molar-refractivity contribution is -0.117. The van der Waals surface area contributed by atoms with Gasteiger partial charge in [-0.05, 0) is 0 Å². The molecule has 2 rings (SSSR count). The monoisotopic (exact) mass is 241 g/mol. The first-order valence-corrected chi connectivity index (χ1v) is 6.02. The van der Waals surface area contributed by atoms with Crippen LogP contribution in [0.3, 0.4) is 0 Å². The fourth-order valence-corrected chi connectivity index (χ4v) is 2.43. The Balaban J connectivity index is 2.23. The average Bonchev–Trinajstić information content (AvgIpc) is 2.70. The van der Waals surface area contributed by atoms with Gasteiger partial charge in [0.1, 0.15) is 5.01 Å². The molecule has 1 amide bonds. The Bertz CT molecular complexity index is 410. The molecule has 1 aliphatic heterocycles. The topological polar surface area (TPSA) is 66.3 Å². The van der Waals surface area contributed by atoms with Crippen LogP contribution < -0.4 is 4.90 Å². The van der Waals surface area contributed by atoms with Gasteiger partial charge in [0.2, 0.25) is 11.0 Å². The van der Waals surface area contributed by atoms with Crippen LogP contribution in [0.4, 0.5) is 5.13 Å². The molecule has 16 heavy (non-hydrogen) atoms. The molecule has 2 heterocycles. The third kappa shape index (κ3) is 2.08. The van der Waals surface area contributed by atoms with Gasteiger partial charge in [0.05, 0.1) is 19.1 Å². The molecule has 1 saturated heterocycles. The standard InChI is InChI=1S/C10H15N3O2S/c1-10(2,3)8-11-12-9(16-8)13-5-6(14)4-7(13)15/h6,14H,4-5H2,1-3H3. The van der Waals surface area contributed by atoms with E-state index in [1.165, 1.54) is 16.2 Å². The van der Waals surface area contributed by atoms with Gasteiger partial charge in [-0.2, -0.15) is 0 Å². The molecule has 0 aromatic carbocycles. The van der Waals surface area contributed by atoms with E-state index in [9.17, 15) is 9.90 Å². The van der Waals surface area contributed by atoms with Crippen molar-refractivity contribution in [3.05, 3.63) is 5.01 Å². The van der Waals surface area contributed by atoms with Crippen LogP contribution in [0.25, 0.3) is 0 Å². The molecule has 1 unspecified atom stereocenters. The second-order valence-corrected chi connectivity index (χ2v) is 5.96. The summed E-state index contributed by atoms with van der Waals surface area (Å²) in [7, 11) is 0. The molecule has 0 bridgehead atoms. The summed E-state index contributed by atoms with van der Waals surface area (Å²) in [5, 5.41) is 19.0. The van der Waals surface area contributed by atoms with E-state index in [0.29, 0.717) is 11.7 Å². The molecule has 0 saturated carbocycles. The summed E-state index contributed by atoms with van der Waals surface area (Å²) in [6.07, 6.45) is -0.390. The van der Waals surface area contributed by atoms with Gasteiger partial charge in [-0.1, -0.05) is 32.1 Å². The zero-order chi connectivity index (χ0) is 11.9. The van der Waals surface area contributed by atoms with Crippen LogP contribution in [0.1, 0.15) is 32.2 Å². The highest BCUT2D eigenvalue weighted by molar-refractivity contribution is 7.15. The molecule has 1 aromatic rings. The Morgan fingerprint density at radius 2 is 2.12 bits per heavy atom. The zero-order valence-electron chi connectivity index (χ0n) is 9.60. The van der Waals surface area contributed by atoms with Crippen LogP contribution in [0.2, 0.25) is 0 Å². The number of nitrogens with zero attached hydrogens (tertiary/aromatic N) is 3. The Kier molecular flexibility index (Phi) is 2.71. The second-order valence-electron chi connectivity index (χ2n) is 5.00. The zero-order valence-corrected chi connectivity index (χ0v) is 10.4. The van der Waals surface area contributed by atoms with E-state index in [4.69, 9.17) is 0 Å². The van der Waals surface area contributed by atoms with Gasteiger partial charge in [-0.25, -0.2) is 0 Å². The number of rotatable bonds is 1. The molecule has 6 heteroatoms. The van der Waals surface area contributed by atoms with Crippen molar-refractivity contribution in [1.82, 2.24) is 10.2 Å². The predicted octanol–water partition coefficient (Wildman–Crippen LogP) is 0.933. The van der Waals surface area contributed by atoms with Gasteiger partial charge >= 0.3 is 0 Å². The minimum Gasteiger partial charge on any atom is -0.391 e. The first kappa shape index (κ1) is 11.5. The molecule has 1 aliphatic rings. The molecule has 88 valence electrons. The maximum Gasteiger partial charge on any atom is 0.231 e. The summed E-state index contributed by atoms with van der Waals surface area (Å²) in [6.45, 7) is 6.49. The molecule has 5 nitrogen and oxygen atoms in total. The maximum atomic E-state index is 11.5. The third-order valence-electron chi connectivity index (χ3n) is 2.39. The van der Waals surface area contributed by atoms with Crippen molar-refractivity contribution in [2.75, 3.05) is 11.4 Å². The number of aliphatic hydroxyl groups excluding tert-OH is 1. The number of carbonyl (C=O) groups excluding carboxylic acids is 1. The van der Waals surface area contributed by atoms with Crippen LogP contribution in [0.15, 0.2) is 0 Å². The van der Waals surface area contributed by atoms with Crippen LogP contribution in [0.5, 0.6) is 0 Å². The van der Waals surface area contributed by atoms with Crippen LogP contribution in [-0.2, 0) is 10.2 Å². The number of carbonyl (C=O) groups is 1. The molecular weight excluding hydrogens is 226 g/mol. The van der Waals surface area contributed by atoms with Crippen LogP contribution in [-0.4, -0.2) is 33.9 Å². The molecule has 0 spiro atoms. The molecule has 0 radical (unpaired) electrons. The summed E-state index contributed by atoms with van der Waals surface area (Å²) in [6, 6.07) is 0. The number of hydrogen-bond donors (Lipinski definition) is 1. The Hall–Kier alpha value is -1.01. The van der Waals surface area contributed by atoms with Crippen molar-refractivity contribution < 1.29 is 9.90 Å². The van der Waals surface area contributed by atoms with E-state index >= 15 is 0 Å². The van der Waals surface area contributed by atoms with Gasteiger partial charge in [0, 0.05) is 5.41 Å². The fourth-order valence-electron chi connectivity index (χ4n) is 1.50. The van der Waals surface area contributed by atoms with Gasteiger partial charge in [0.25, 0.3) is 0 Å². The lowest BCUT2D eigenvalue weighted by atomic mass is 9.98. The second kappa shape index (κ2) is 3.78.